The maximum Gasteiger partial charge on any atom is 0.250 e. The summed E-state index contributed by atoms with van der Waals surface area (Å²) in [6.07, 6.45) is 1.55. The molecule has 5 nitrogen and oxygen atoms in total. The van der Waals surface area contributed by atoms with Gasteiger partial charge >= 0.3 is 0 Å². The normalized spacial score (nSPS) is 10.7. The van der Waals surface area contributed by atoms with Crippen LogP contribution in [-0.2, 0) is 10.5 Å². The third kappa shape index (κ3) is 5.99. The van der Waals surface area contributed by atoms with Crippen LogP contribution in [0.5, 0.6) is 11.5 Å². The minimum absolute atomic E-state index is 0.172. The van der Waals surface area contributed by atoms with Crippen LogP contribution in [0.4, 0.5) is 0 Å². The van der Waals surface area contributed by atoms with Gasteiger partial charge in [-0.05, 0) is 35.4 Å². The molecule has 0 aromatic heterocycles. The molecule has 0 bridgehead atoms. The predicted octanol–water partition coefficient (Wildman–Crippen LogP) is 3.74. The Morgan fingerprint density at radius 2 is 1.96 bits per heavy atom. The van der Waals surface area contributed by atoms with Crippen molar-refractivity contribution in [3.05, 3.63) is 58.6 Å². The highest BCUT2D eigenvalue weighted by Gasteiger charge is 2.04. The van der Waals surface area contributed by atoms with Gasteiger partial charge in [0.25, 0.3) is 0 Å². The van der Waals surface area contributed by atoms with E-state index in [2.05, 4.69) is 10.5 Å². The van der Waals surface area contributed by atoms with Crippen molar-refractivity contribution >= 4 is 35.5 Å². The highest BCUT2D eigenvalue weighted by molar-refractivity contribution is 7.99. The Kier molecular flexibility index (Phi) is 7.63. The summed E-state index contributed by atoms with van der Waals surface area (Å²) in [5, 5.41) is 4.67. The lowest BCUT2D eigenvalue weighted by Crippen LogP contribution is -2.19. The van der Waals surface area contributed by atoms with Crippen LogP contribution in [0.1, 0.15) is 11.1 Å². The highest BCUT2D eigenvalue weighted by Crippen LogP contribution is 2.26. The minimum Gasteiger partial charge on any atom is -0.493 e. The molecule has 25 heavy (non-hydrogen) atoms. The number of rotatable bonds is 8. The second-order valence-corrected chi connectivity index (χ2v) is 6.38. The van der Waals surface area contributed by atoms with E-state index in [1.54, 1.807) is 32.6 Å². The number of thioether (sulfide) groups is 1. The summed E-state index contributed by atoms with van der Waals surface area (Å²) in [5.74, 6) is 2.04. The van der Waals surface area contributed by atoms with E-state index in [0.717, 1.165) is 11.1 Å². The Morgan fingerprint density at radius 1 is 1.20 bits per heavy atom. The molecule has 0 atom stereocenters. The number of benzene rings is 2. The Balaban J connectivity index is 1.79. The molecule has 2 aromatic carbocycles. The number of halogens is 1. The lowest BCUT2D eigenvalue weighted by Gasteiger charge is -2.07. The molecule has 0 heterocycles. The maximum absolute atomic E-state index is 11.8. The third-order valence-corrected chi connectivity index (χ3v) is 4.61. The third-order valence-electron chi connectivity index (χ3n) is 3.26. The summed E-state index contributed by atoms with van der Waals surface area (Å²) in [7, 11) is 3.14. The van der Waals surface area contributed by atoms with Gasteiger partial charge in [0, 0.05) is 10.8 Å². The molecular weight excluding hydrogens is 360 g/mol. The quantitative estimate of drug-likeness (QED) is 0.561. The highest BCUT2D eigenvalue weighted by atomic mass is 35.5. The molecular formula is C18H19ClN2O3S. The molecule has 0 unspecified atom stereocenters. The number of methoxy groups -OCH3 is 2. The van der Waals surface area contributed by atoms with E-state index in [1.165, 1.54) is 11.8 Å². The molecule has 0 radical (unpaired) electrons. The number of hydrazone groups is 1. The van der Waals surface area contributed by atoms with Gasteiger partial charge in [-0.3, -0.25) is 4.79 Å². The second kappa shape index (κ2) is 9.96. The van der Waals surface area contributed by atoms with E-state index in [0.29, 0.717) is 28.0 Å². The molecule has 2 rings (SSSR count). The lowest BCUT2D eigenvalue weighted by molar-refractivity contribution is -0.118. The summed E-state index contributed by atoms with van der Waals surface area (Å²) >= 11 is 7.56. The topological polar surface area (TPSA) is 59.9 Å². The number of amides is 1. The summed E-state index contributed by atoms with van der Waals surface area (Å²) in [6.45, 7) is 0. The Morgan fingerprint density at radius 3 is 2.68 bits per heavy atom. The fourth-order valence-corrected chi connectivity index (χ4v) is 3.12. The molecule has 0 fully saturated rings. The molecule has 0 aliphatic rings. The molecule has 0 spiro atoms. The fourth-order valence-electron chi connectivity index (χ4n) is 2.01. The van der Waals surface area contributed by atoms with Crippen LogP contribution in [0.25, 0.3) is 0 Å². The first-order valence-corrected chi connectivity index (χ1v) is 9.02. The van der Waals surface area contributed by atoms with Crippen molar-refractivity contribution in [3.8, 4) is 11.5 Å². The van der Waals surface area contributed by atoms with E-state index in [4.69, 9.17) is 21.1 Å². The number of ether oxygens (including phenoxy) is 2. The first-order chi connectivity index (χ1) is 12.1. The number of carbonyl (C=O) groups excluding carboxylic acids is 1. The molecule has 0 aliphatic carbocycles. The maximum atomic E-state index is 11.8. The van der Waals surface area contributed by atoms with E-state index in [-0.39, 0.29) is 5.91 Å². The molecule has 0 aliphatic heterocycles. The van der Waals surface area contributed by atoms with Crippen molar-refractivity contribution in [1.29, 1.82) is 0 Å². The smallest absolute Gasteiger partial charge is 0.250 e. The molecule has 132 valence electrons. The van der Waals surface area contributed by atoms with Crippen LogP contribution < -0.4 is 14.9 Å². The molecule has 0 saturated carbocycles. The SMILES string of the molecule is COc1ccc(/C=N/NC(=O)CSCc2ccccc2Cl)cc1OC. The van der Waals surface area contributed by atoms with Gasteiger partial charge < -0.3 is 9.47 Å². The van der Waals surface area contributed by atoms with E-state index >= 15 is 0 Å². The van der Waals surface area contributed by atoms with E-state index in [1.807, 2.05) is 30.3 Å². The molecule has 0 saturated heterocycles. The van der Waals surface area contributed by atoms with Crippen molar-refractivity contribution in [1.82, 2.24) is 5.43 Å². The summed E-state index contributed by atoms with van der Waals surface area (Å²) in [4.78, 5) is 11.8. The van der Waals surface area contributed by atoms with Gasteiger partial charge in [0.1, 0.15) is 0 Å². The second-order valence-electron chi connectivity index (χ2n) is 4.99. The van der Waals surface area contributed by atoms with Gasteiger partial charge in [-0.15, -0.1) is 11.8 Å². The van der Waals surface area contributed by atoms with E-state index in [9.17, 15) is 4.79 Å². The van der Waals surface area contributed by atoms with Crippen LogP contribution in [0.2, 0.25) is 5.02 Å². The van der Waals surface area contributed by atoms with Gasteiger partial charge in [-0.1, -0.05) is 29.8 Å². The first-order valence-electron chi connectivity index (χ1n) is 7.49. The number of hydrogen-bond donors (Lipinski definition) is 1. The molecule has 2 aromatic rings. The summed E-state index contributed by atoms with van der Waals surface area (Å²) in [5.41, 5.74) is 4.31. The van der Waals surface area contributed by atoms with Gasteiger partial charge in [-0.25, -0.2) is 5.43 Å². The van der Waals surface area contributed by atoms with Gasteiger partial charge in [0.15, 0.2) is 11.5 Å². The number of hydrogen-bond acceptors (Lipinski definition) is 5. The zero-order valence-corrected chi connectivity index (χ0v) is 15.6. The van der Waals surface area contributed by atoms with Crippen molar-refractivity contribution in [2.24, 2.45) is 5.10 Å². The standard InChI is InChI=1S/C18H19ClN2O3S/c1-23-16-8-7-13(9-17(16)24-2)10-20-21-18(22)12-25-11-14-5-3-4-6-15(14)19/h3-10H,11-12H2,1-2H3,(H,21,22)/b20-10+. The minimum atomic E-state index is -0.172. The van der Waals surface area contributed by atoms with Crippen molar-refractivity contribution < 1.29 is 14.3 Å². The molecule has 1 amide bonds. The Hall–Kier alpha value is -2.18. The largest absolute Gasteiger partial charge is 0.493 e. The average Bonchev–Trinajstić information content (AvgIpc) is 2.63. The van der Waals surface area contributed by atoms with Crippen LogP contribution in [0, 0.1) is 0 Å². The number of nitrogens with one attached hydrogen (secondary N) is 1. The monoisotopic (exact) mass is 378 g/mol. The van der Waals surface area contributed by atoms with Crippen LogP contribution >= 0.6 is 23.4 Å². The fraction of sp³-hybridized carbons (Fsp3) is 0.222. The zero-order chi connectivity index (χ0) is 18.1. The van der Waals surface area contributed by atoms with Crippen LogP contribution in [-0.4, -0.2) is 32.1 Å². The first kappa shape index (κ1) is 19.1. The summed E-state index contributed by atoms with van der Waals surface area (Å²) in [6, 6.07) is 13.0. The zero-order valence-electron chi connectivity index (χ0n) is 14.0. The van der Waals surface area contributed by atoms with Gasteiger partial charge in [-0.2, -0.15) is 5.10 Å². The number of carbonyl (C=O) groups is 1. The molecule has 1 N–H and O–H groups in total. The van der Waals surface area contributed by atoms with Crippen molar-refractivity contribution in [3.63, 3.8) is 0 Å². The number of nitrogens with zero attached hydrogens (tertiary/aromatic N) is 1. The molecule has 7 heteroatoms. The van der Waals surface area contributed by atoms with Gasteiger partial charge in [0.2, 0.25) is 5.91 Å². The van der Waals surface area contributed by atoms with E-state index < -0.39 is 0 Å². The predicted molar refractivity (Wildman–Crippen MR) is 103 cm³/mol. The lowest BCUT2D eigenvalue weighted by atomic mass is 10.2. The Labute approximate surface area is 156 Å². The van der Waals surface area contributed by atoms with Gasteiger partial charge in [0.05, 0.1) is 26.2 Å². The average molecular weight is 379 g/mol. The van der Waals surface area contributed by atoms with Crippen LogP contribution in [0.15, 0.2) is 47.6 Å². The van der Waals surface area contributed by atoms with Crippen molar-refractivity contribution in [2.45, 2.75) is 5.75 Å². The van der Waals surface area contributed by atoms with Crippen LogP contribution in [0.3, 0.4) is 0 Å². The van der Waals surface area contributed by atoms with Crippen molar-refractivity contribution in [2.75, 3.05) is 20.0 Å². The Bertz CT molecular complexity index is 753. The summed E-state index contributed by atoms with van der Waals surface area (Å²) < 4.78 is 10.4.